The molecule has 1 aliphatic carbocycles. The van der Waals surface area contributed by atoms with E-state index in [1.165, 1.54) is 0 Å². The topological polar surface area (TPSA) is 0 Å². The molecule has 0 nitrogen and oxygen atoms in total. The molecule has 1 unspecified atom stereocenters. The largest absolute Gasteiger partial charge is 0.207 e. The Morgan fingerprint density at radius 3 is 2.72 bits per heavy atom. The van der Waals surface area contributed by atoms with Crippen molar-refractivity contribution in [2.75, 3.05) is 0 Å². The first kappa shape index (κ1) is 12.6. The maximum absolute atomic E-state index is 13.2. The van der Waals surface area contributed by atoms with Gasteiger partial charge in [0.1, 0.15) is 5.83 Å². The van der Waals surface area contributed by atoms with E-state index in [4.69, 9.17) is 0 Å². The zero-order valence-corrected chi connectivity index (χ0v) is 10.6. The summed E-state index contributed by atoms with van der Waals surface area (Å²) in [6.07, 6.45) is 8.31. The van der Waals surface area contributed by atoms with Crippen molar-refractivity contribution < 1.29 is 4.39 Å². The van der Waals surface area contributed by atoms with Gasteiger partial charge in [-0.2, -0.15) is 0 Å². The van der Waals surface area contributed by atoms with Gasteiger partial charge in [0.15, 0.2) is 0 Å². The van der Waals surface area contributed by atoms with Gasteiger partial charge in [0.05, 0.1) is 0 Å². The second kappa shape index (κ2) is 5.63. The van der Waals surface area contributed by atoms with E-state index < -0.39 is 0 Å². The van der Waals surface area contributed by atoms with Gasteiger partial charge < -0.3 is 0 Å². The summed E-state index contributed by atoms with van der Waals surface area (Å²) >= 11 is 0. The summed E-state index contributed by atoms with van der Waals surface area (Å²) in [6, 6.07) is 10.1. The number of halogens is 1. The van der Waals surface area contributed by atoms with Crippen molar-refractivity contribution in [3.63, 3.8) is 0 Å². The van der Waals surface area contributed by atoms with Crippen molar-refractivity contribution in [2.24, 2.45) is 5.92 Å². The molecule has 0 fully saturated rings. The zero-order valence-electron chi connectivity index (χ0n) is 10.6. The monoisotopic (exact) mass is 240 g/mol. The van der Waals surface area contributed by atoms with Gasteiger partial charge in [0.25, 0.3) is 0 Å². The van der Waals surface area contributed by atoms with Gasteiger partial charge in [-0.1, -0.05) is 55.1 Å². The lowest BCUT2D eigenvalue weighted by Gasteiger charge is -2.13. The van der Waals surface area contributed by atoms with Crippen LogP contribution in [0.3, 0.4) is 0 Å². The number of benzene rings is 1. The molecule has 1 aliphatic rings. The first-order valence-corrected chi connectivity index (χ1v) is 6.13. The fraction of sp³-hybridized carbons (Fsp3) is 0.176. The fourth-order valence-electron chi connectivity index (χ4n) is 1.99. The molecule has 1 heteroatoms. The first-order chi connectivity index (χ1) is 8.66. The average molecular weight is 240 g/mol. The van der Waals surface area contributed by atoms with Gasteiger partial charge in [-0.05, 0) is 42.0 Å². The Bertz CT molecular complexity index is 518. The van der Waals surface area contributed by atoms with E-state index >= 15 is 0 Å². The lowest BCUT2D eigenvalue weighted by molar-refractivity contribution is 0.618. The normalized spacial score (nSPS) is 19.6. The molecule has 0 saturated heterocycles. The second-order valence-corrected chi connectivity index (χ2v) is 4.61. The molecule has 0 amide bonds. The van der Waals surface area contributed by atoms with E-state index in [9.17, 15) is 4.39 Å². The van der Waals surface area contributed by atoms with Gasteiger partial charge in [-0.3, -0.25) is 0 Å². The van der Waals surface area contributed by atoms with E-state index in [0.717, 1.165) is 23.1 Å². The molecule has 0 heterocycles. The predicted molar refractivity (Wildman–Crippen MR) is 75.7 cm³/mol. The smallest absolute Gasteiger partial charge is 0.121 e. The molecule has 0 radical (unpaired) electrons. The molecule has 0 aliphatic heterocycles. The van der Waals surface area contributed by atoms with E-state index in [-0.39, 0.29) is 11.7 Å². The first-order valence-electron chi connectivity index (χ1n) is 6.13. The van der Waals surface area contributed by atoms with E-state index in [1.54, 1.807) is 6.08 Å². The van der Waals surface area contributed by atoms with Crippen LogP contribution in [0.25, 0.3) is 5.57 Å². The maximum atomic E-state index is 13.2. The molecule has 0 N–H and O–H groups in total. The Hall–Kier alpha value is -1.89. The maximum Gasteiger partial charge on any atom is 0.121 e. The Balaban J connectivity index is 2.01. The zero-order chi connectivity index (χ0) is 13.0. The van der Waals surface area contributed by atoms with Crippen LogP contribution in [0.2, 0.25) is 0 Å². The van der Waals surface area contributed by atoms with Gasteiger partial charge in [-0.15, -0.1) is 0 Å². The molecular weight excluding hydrogens is 223 g/mol. The quantitative estimate of drug-likeness (QED) is 0.647. The number of hydrogen-bond donors (Lipinski definition) is 0. The SMILES string of the molecule is C=C(/C=C/C1C=CC(F)=C(C)C1)c1ccccc1. The fourth-order valence-corrected chi connectivity index (χ4v) is 1.99. The summed E-state index contributed by atoms with van der Waals surface area (Å²) in [5.41, 5.74) is 2.92. The highest BCUT2D eigenvalue weighted by Gasteiger charge is 2.10. The third-order valence-corrected chi connectivity index (χ3v) is 3.13. The lowest BCUT2D eigenvalue weighted by Crippen LogP contribution is -1.99. The Kier molecular flexibility index (Phi) is 3.93. The van der Waals surface area contributed by atoms with Crippen LogP contribution < -0.4 is 0 Å². The van der Waals surface area contributed by atoms with Crippen molar-refractivity contribution >= 4 is 5.57 Å². The highest BCUT2D eigenvalue weighted by atomic mass is 19.1. The van der Waals surface area contributed by atoms with Crippen LogP contribution in [0.4, 0.5) is 4.39 Å². The van der Waals surface area contributed by atoms with Gasteiger partial charge >= 0.3 is 0 Å². The van der Waals surface area contributed by atoms with Crippen LogP contribution in [-0.4, -0.2) is 0 Å². The molecule has 92 valence electrons. The molecule has 1 aromatic carbocycles. The summed E-state index contributed by atoms with van der Waals surface area (Å²) in [5, 5.41) is 0. The molecular formula is C17H17F. The summed E-state index contributed by atoms with van der Waals surface area (Å²) < 4.78 is 13.2. The lowest BCUT2D eigenvalue weighted by atomic mass is 9.93. The minimum absolute atomic E-state index is 0.0958. The third kappa shape index (κ3) is 3.07. The van der Waals surface area contributed by atoms with Crippen molar-refractivity contribution in [3.05, 3.63) is 78.2 Å². The third-order valence-electron chi connectivity index (χ3n) is 3.13. The highest BCUT2D eigenvalue weighted by Crippen LogP contribution is 2.25. The van der Waals surface area contributed by atoms with Crippen molar-refractivity contribution in [3.8, 4) is 0 Å². The standard InChI is InChI=1S/C17H17F/c1-13(16-6-4-3-5-7-16)8-9-15-10-11-17(18)14(2)12-15/h3-11,15H,1,12H2,2H3/b9-8+. The molecule has 18 heavy (non-hydrogen) atoms. The summed E-state index contributed by atoms with van der Waals surface area (Å²) in [6.45, 7) is 5.89. The van der Waals surface area contributed by atoms with Gasteiger partial charge in [0, 0.05) is 0 Å². The molecule has 1 atom stereocenters. The predicted octanol–water partition coefficient (Wildman–Crippen LogP) is 5.08. The average Bonchev–Trinajstić information content (AvgIpc) is 2.41. The molecule has 0 spiro atoms. The summed E-state index contributed by atoms with van der Waals surface area (Å²) in [7, 11) is 0. The molecule has 1 aromatic rings. The van der Waals surface area contributed by atoms with Crippen molar-refractivity contribution in [1.29, 1.82) is 0 Å². The Morgan fingerprint density at radius 2 is 2.06 bits per heavy atom. The van der Waals surface area contributed by atoms with Gasteiger partial charge in [0.2, 0.25) is 0 Å². The van der Waals surface area contributed by atoms with E-state index in [0.29, 0.717) is 0 Å². The number of allylic oxidation sites excluding steroid dienone is 7. The molecule has 2 rings (SSSR count). The van der Waals surface area contributed by atoms with Crippen LogP contribution in [0, 0.1) is 5.92 Å². The summed E-state index contributed by atoms with van der Waals surface area (Å²) in [5.74, 6) is 0.173. The second-order valence-electron chi connectivity index (χ2n) is 4.61. The number of hydrogen-bond acceptors (Lipinski definition) is 0. The Morgan fingerprint density at radius 1 is 1.33 bits per heavy atom. The highest BCUT2D eigenvalue weighted by molar-refractivity contribution is 5.71. The van der Waals surface area contributed by atoms with Crippen molar-refractivity contribution in [1.82, 2.24) is 0 Å². The van der Waals surface area contributed by atoms with E-state index in [2.05, 4.69) is 12.7 Å². The van der Waals surface area contributed by atoms with Crippen LogP contribution in [0.5, 0.6) is 0 Å². The molecule has 0 bridgehead atoms. The van der Waals surface area contributed by atoms with Crippen LogP contribution in [0.1, 0.15) is 18.9 Å². The summed E-state index contributed by atoms with van der Waals surface area (Å²) in [4.78, 5) is 0. The van der Waals surface area contributed by atoms with E-state index in [1.807, 2.05) is 49.4 Å². The van der Waals surface area contributed by atoms with Crippen LogP contribution >= 0.6 is 0 Å². The minimum atomic E-state index is -0.0958. The van der Waals surface area contributed by atoms with Crippen LogP contribution in [-0.2, 0) is 0 Å². The van der Waals surface area contributed by atoms with Crippen molar-refractivity contribution in [2.45, 2.75) is 13.3 Å². The van der Waals surface area contributed by atoms with Gasteiger partial charge in [-0.25, -0.2) is 4.39 Å². The number of rotatable bonds is 3. The van der Waals surface area contributed by atoms with Crippen LogP contribution in [0.15, 0.2) is 72.6 Å². The molecule has 0 saturated carbocycles. The minimum Gasteiger partial charge on any atom is -0.207 e. The molecule has 0 aromatic heterocycles. The Labute approximate surface area is 108 Å².